The molecule has 0 heterocycles. The number of hydrogen-bond donors (Lipinski definition) is 2. The third-order valence-electron chi connectivity index (χ3n) is 3.38. The SMILES string of the molecule is CC(C)Cc1cccc(C(NN)c2c(F)cccc2Cl)c1. The normalized spacial score (nSPS) is 12.7. The number of hydrogen-bond acceptors (Lipinski definition) is 2. The van der Waals surface area contributed by atoms with Crippen LogP contribution in [0.3, 0.4) is 0 Å². The van der Waals surface area contributed by atoms with Crippen LogP contribution in [-0.4, -0.2) is 0 Å². The van der Waals surface area contributed by atoms with Crippen LogP contribution in [0.5, 0.6) is 0 Å². The fourth-order valence-corrected chi connectivity index (χ4v) is 2.78. The van der Waals surface area contributed by atoms with E-state index in [9.17, 15) is 4.39 Å². The summed E-state index contributed by atoms with van der Waals surface area (Å²) in [5.74, 6) is 5.85. The van der Waals surface area contributed by atoms with E-state index < -0.39 is 6.04 Å². The predicted octanol–water partition coefficient (Wildman–Crippen LogP) is 4.23. The molecular weight excluding hydrogens is 287 g/mol. The smallest absolute Gasteiger partial charge is 0.129 e. The van der Waals surface area contributed by atoms with Gasteiger partial charge in [-0.2, -0.15) is 0 Å². The van der Waals surface area contributed by atoms with Gasteiger partial charge in [-0.15, -0.1) is 0 Å². The van der Waals surface area contributed by atoms with Gasteiger partial charge in [0.05, 0.1) is 6.04 Å². The van der Waals surface area contributed by atoms with E-state index in [1.807, 2.05) is 18.2 Å². The van der Waals surface area contributed by atoms with Gasteiger partial charge in [-0.3, -0.25) is 5.84 Å². The number of nitrogens with two attached hydrogens (primary N) is 1. The molecule has 3 N–H and O–H groups in total. The summed E-state index contributed by atoms with van der Waals surface area (Å²) in [4.78, 5) is 0. The number of rotatable bonds is 5. The van der Waals surface area contributed by atoms with Crippen molar-refractivity contribution < 1.29 is 4.39 Å². The van der Waals surface area contributed by atoms with Crippen LogP contribution in [0.1, 0.15) is 36.6 Å². The largest absolute Gasteiger partial charge is 0.271 e. The monoisotopic (exact) mass is 306 g/mol. The molecule has 0 fully saturated rings. The van der Waals surface area contributed by atoms with Crippen LogP contribution in [0.2, 0.25) is 5.02 Å². The van der Waals surface area contributed by atoms with Gasteiger partial charge in [-0.1, -0.05) is 55.8 Å². The number of halogens is 2. The highest BCUT2D eigenvalue weighted by Crippen LogP contribution is 2.30. The molecule has 0 saturated carbocycles. The van der Waals surface area contributed by atoms with Crippen molar-refractivity contribution in [2.75, 3.05) is 0 Å². The van der Waals surface area contributed by atoms with Gasteiger partial charge in [-0.25, -0.2) is 9.82 Å². The molecule has 2 nitrogen and oxygen atoms in total. The topological polar surface area (TPSA) is 38.0 Å². The molecule has 0 bridgehead atoms. The quantitative estimate of drug-likeness (QED) is 0.641. The molecule has 112 valence electrons. The minimum atomic E-state index is -0.467. The minimum absolute atomic E-state index is 0.361. The lowest BCUT2D eigenvalue weighted by atomic mass is 9.94. The van der Waals surface area contributed by atoms with Crippen molar-refractivity contribution in [2.45, 2.75) is 26.3 Å². The Bertz CT molecular complexity index is 593. The van der Waals surface area contributed by atoms with Gasteiger partial charge in [0.25, 0.3) is 0 Å². The molecule has 0 amide bonds. The van der Waals surface area contributed by atoms with Crippen LogP contribution < -0.4 is 11.3 Å². The van der Waals surface area contributed by atoms with Crippen LogP contribution in [0.4, 0.5) is 4.39 Å². The average Bonchev–Trinajstić information content (AvgIpc) is 2.42. The first-order chi connectivity index (χ1) is 10.0. The molecule has 2 rings (SSSR count). The van der Waals surface area contributed by atoms with Gasteiger partial charge < -0.3 is 0 Å². The first-order valence-corrected chi connectivity index (χ1v) is 7.39. The van der Waals surface area contributed by atoms with E-state index in [0.29, 0.717) is 16.5 Å². The van der Waals surface area contributed by atoms with E-state index >= 15 is 0 Å². The zero-order valence-electron chi connectivity index (χ0n) is 12.2. The summed E-state index contributed by atoms with van der Waals surface area (Å²) in [5, 5.41) is 0.368. The summed E-state index contributed by atoms with van der Waals surface area (Å²) in [6.07, 6.45) is 0.968. The maximum Gasteiger partial charge on any atom is 0.129 e. The van der Waals surface area contributed by atoms with Crippen molar-refractivity contribution in [1.82, 2.24) is 5.43 Å². The van der Waals surface area contributed by atoms with Gasteiger partial charge >= 0.3 is 0 Å². The van der Waals surface area contributed by atoms with Gasteiger partial charge in [0, 0.05) is 10.6 Å². The van der Waals surface area contributed by atoms with Gasteiger partial charge in [0.1, 0.15) is 5.82 Å². The lowest BCUT2D eigenvalue weighted by molar-refractivity contribution is 0.559. The van der Waals surface area contributed by atoms with E-state index in [0.717, 1.165) is 12.0 Å². The lowest BCUT2D eigenvalue weighted by Gasteiger charge is -2.20. The molecule has 4 heteroatoms. The molecule has 0 aliphatic heterocycles. The molecule has 0 spiro atoms. The summed E-state index contributed by atoms with van der Waals surface area (Å²) >= 11 is 6.14. The molecule has 2 aromatic carbocycles. The first kappa shape index (κ1) is 16.0. The standard InChI is InChI=1S/C17H20ClFN2/c1-11(2)9-12-5-3-6-13(10-12)17(21-20)16-14(18)7-4-8-15(16)19/h3-8,10-11,17,21H,9,20H2,1-2H3. The number of hydrazine groups is 1. The second-order valence-electron chi connectivity index (χ2n) is 5.58. The maximum atomic E-state index is 14.1. The molecule has 1 unspecified atom stereocenters. The van der Waals surface area contributed by atoms with E-state index in [1.54, 1.807) is 12.1 Å². The molecule has 0 radical (unpaired) electrons. The van der Waals surface area contributed by atoms with E-state index in [1.165, 1.54) is 11.6 Å². The zero-order valence-corrected chi connectivity index (χ0v) is 13.0. The van der Waals surface area contributed by atoms with Crippen LogP contribution >= 0.6 is 11.6 Å². The van der Waals surface area contributed by atoms with Crippen LogP contribution in [0, 0.1) is 11.7 Å². The second kappa shape index (κ2) is 7.03. The molecule has 21 heavy (non-hydrogen) atoms. The Morgan fingerprint density at radius 2 is 1.90 bits per heavy atom. The average molecular weight is 307 g/mol. The highest BCUT2D eigenvalue weighted by atomic mass is 35.5. The molecule has 2 aromatic rings. The molecule has 0 aliphatic carbocycles. The Labute approximate surface area is 130 Å². The third-order valence-corrected chi connectivity index (χ3v) is 3.71. The predicted molar refractivity (Wildman–Crippen MR) is 85.6 cm³/mol. The highest BCUT2D eigenvalue weighted by molar-refractivity contribution is 6.31. The minimum Gasteiger partial charge on any atom is -0.271 e. The summed E-state index contributed by atoms with van der Waals surface area (Å²) in [6.45, 7) is 4.33. The van der Waals surface area contributed by atoms with E-state index in [2.05, 4.69) is 25.3 Å². The molecular formula is C17H20ClFN2. The fraction of sp³-hybridized carbons (Fsp3) is 0.294. The molecule has 0 aliphatic rings. The summed E-state index contributed by atoms with van der Waals surface area (Å²) in [6, 6.07) is 12.2. The Morgan fingerprint density at radius 1 is 1.19 bits per heavy atom. The molecule has 0 saturated heterocycles. The van der Waals surface area contributed by atoms with Gasteiger partial charge in [0.15, 0.2) is 0 Å². The number of benzene rings is 2. The maximum absolute atomic E-state index is 14.1. The van der Waals surface area contributed by atoms with Crippen LogP contribution in [0.25, 0.3) is 0 Å². The Kier molecular flexibility index (Phi) is 5.34. The van der Waals surface area contributed by atoms with E-state index in [-0.39, 0.29) is 5.82 Å². The van der Waals surface area contributed by atoms with Crippen LogP contribution in [-0.2, 0) is 6.42 Å². The van der Waals surface area contributed by atoms with Crippen molar-refractivity contribution in [1.29, 1.82) is 0 Å². The Hall–Kier alpha value is -1.42. The van der Waals surface area contributed by atoms with Crippen molar-refractivity contribution in [3.63, 3.8) is 0 Å². The summed E-state index contributed by atoms with van der Waals surface area (Å²) in [5.41, 5.74) is 5.16. The Morgan fingerprint density at radius 3 is 2.52 bits per heavy atom. The fourth-order valence-electron chi connectivity index (χ4n) is 2.50. The van der Waals surface area contributed by atoms with Gasteiger partial charge in [-0.05, 0) is 35.6 Å². The van der Waals surface area contributed by atoms with Gasteiger partial charge in [0.2, 0.25) is 0 Å². The van der Waals surface area contributed by atoms with E-state index in [4.69, 9.17) is 17.4 Å². The van der Waals surface area contributed by atoms with Crippen molar-refractivity contribution >= 4 is 11.6 Å². The zero-order chi connectivity index (χ0) is 15.4. The van der Waals surface area contributed by atoms with Crippen molar-refractivity contribution in [3.8, 4) is 0 Å². The Balaban J connectivity index is 2.42. The second-order valence-corrected chi connectivity index (χ2v) is 5.99. The highest BCUT2D eigenvalue weighted by Gasteiger charge is 2.20. The van der Waals surface area contributed by atoms with Crippen molar-refractivity contribution in [2.24, 2.45) is 11.8 Å². The molecule has 1 atom stereocenters. The number of nitrogens with one attached hydrogen (secondary N) is 1. The molecule has 0 aromatic heterocycles. The first-order valence-electron chi connectivity index (χ1n) is 7.01. The summed E-state index contributed by atoms with van der Waals surface area (Å²) < 4.78 is 14.1. The van der Waals surface area contributed by atoms with Crippen molar-refractivity contribution in [3.05, 3.63) is 70.0 Å². The third kappa shape index (κ3) is 3.82. The lowest BCUT2D eigenvalue weighted by Crippen LogP contribution is -2.30. The van der Waals surface area contributed by atoms with Crippen LogP contribution in [0.15, 0.2) is 42.5 Å². The summed E-state index contributed by atoms with van der Waals surface area (Å²) in [7, 11) is 0.